The lowest BCUT2D eigenvalue weighted by Gasteiger charge is -2.03. The van der Waals surface area contributed by atoms with Crippen molar-refractivity contribution in [2.75, 3.05) is 0 Å². The molecule has 0 saturated heterocycles. The molecule has 0 amide bonds. The molecule has 4 rings (SSSR count). The van der Waals surface area contributed by atoms with E-state index in [2.05, 4.69) is 9.97 Å². The van der Waals surface area contributed by atoms with Gasteiger partial charge in [-0.25, -0.2) is 14.2 Å². The molecule has 138 valence electrons. The van der Waals surface area contributed by atoms with E-state index in [0.29, 0.717) is 21.9 Å². The van der Waals surface area contributed by atoms with E-state index in [-0.39, 0.29) is 10.4 Å². The van der Waals surface area contributed by atoms with Crippen LogP contribution in [-0.4, -0.2) is 25.4 Å². The maximum absolute atomic E-state index is 12.8. The minimum absolute atomic E-state index is 0.0530. The largest absolute Gasteiger partial charge is 0.477 e. The van der Waals surface area contributed by atoms with Crippen molar-refractivity contribution in [2.45, 2.75) is 6.92 Å². The lowest BCUT2D eigenvalue weighted by molar-refractivity contribution is 0.0702. The minimum Gasteiger partial charge on any atom is -0.477 e. The first kappa shape index (κ1) is 17.8. The van der Waals surface area contributed by atoms with Crippen LogP contribution in [0.3, 0.4) is 0 Å². The number of nitrogens with zero attached hydrogens (tertiary/aromatic N) is 3. The van der Waals surface area contributed by atoms with Crippen molar-refractivity contribution in [1.29, 1.82) is 0 Å². The van der Waals surface area contributed by atoms with Gasteiger partial charge in [-0.2, -0.15) is 0 Å². The highest BCUT2D eigenvalue weighted by Gasteiger charge is 2.21. The fourth-order valence-corrected chi connectivity index (χ4v) is 3.85. The van der Waals surface area contributed by atoms with Crippen molar-refractivity contribution in [1.82, 2.24) is 14.4 Å². The molecule has 1 N–H and O–H groups in total. The summed E-state index contributed by atoms with van der Waals surface area (Å²) in [5.74, 6) is -1.11. The number of carboxylic acids is 1. The third-order valence-corrected chi connectivity index (χ3v) is 5.22. The Balaban J connectivity index is 1.85. The standard InChI is InChI=1S/C21H15N3O3S/c1-13-4-6-14(7-5-13)8-9-16-11-17(25)24-18(15-3-2-10-22-12-15)19(20(26)27)28-21(24)23-16/h2-12H,1H3,(H,26,27)/b9-8+. The van der Waals surface area contributed by atoms with Crippen LogP contribution in [-0.2, 0) is 0 Å². The number of pyridine rings is 1. The first-order chi connectivity index (χ1) is 13.5. The third kappa shape index (κ3) is 3.35. The predicted octanol–water partition coefficient (Wildman–Crippen LogP) is 4.00. The molecule has 28 heavy (non-hydrogen) atoms. The van der Waals surface area contributed by atoms with Crippen molar-refractivity contribution in [3.63, 3.8) is 0 Å². The van der Waals surface area contributed by atoms with Crippen LogP contribution in [0.1, 0.15) is 26.5 Å². The summed E-state index contributed by atoms with van der Waals surface area (Å²) in [7, 11) is 0. The Hall–Kier alpha value is -3.58. The van der Waals surface area contributed by atoms with E-state index in [4.69, 9.17) is 0 Å². The summed E-state index contributed by atoms with van der Waals surface area (Å²) in [5.41, 5.74) is 3.14. The number of rotatable bonds is 4. The SMILES string of the molecule is Cc1ccc(/C=C/c2cc(=O)n3c(-c4cccnc4)c(C(=O)O)sc3n2)cc1. The number of carbonyl (C=O) groups is 1. The Morgan fingerprint density at radius 3 is 2.64 bits per heavy atom. The molecule has 4 aromatic rings. The average molecular weight is 389 g/mol. The van der Waals surface area contributed by atoms with Crippen LogP contribution in [0.5, 0.6) is 0 Å². The smallest absolute Gasteiger partial charge is 0.348 e. The van der Waals surface area contributed by atoms with E-state index in [1.807, 2.05) is 37.3 Å². The second-order valence-corrected chi connectivity index (χ2v) is 7.19. The Kier molecular flexibility index (Phi) is 4.58. The fourth-order valence-electron chi connectivity index (χ4n) is 2.85. The molecule has 0 atom stereocenters. The third-order valence-electron chi connectivity index (χ3n) is 4.19. The van der Waals surface area contributed by atoms with Gasteiger partial charge >= 0.3 is 5.97 Å². The maximum atomic E-state index is 12.8. The Morgan fingerprint density at radius 2 is 1.96 bits per heavy atom. The van der Waals surface area contributed by atoms with Crippen molar-refractivity contribution in [2.24, 2.45) is 0 Å². The highest BCUT2D eigenvalue weighted by atomic mass is 32.1. The summed E-state index contributed by atoms with van der Waals surface area (Å²) in [6.45, 7) is 2.01. The summed E-state index contributed by atoms with van der Waals surface area (Å²) in [5, 5.41) is 9.60. The lowest BCUT2D eigenvalue weighted by atomic mass is 10.1. The van der Waals surface area contributed by atoms with Crippen molar-refractivity contribution >= 4 is 34.4 Å². The molecule has 0 saturated carbocycles. The van der Waals surface area contributed by atoms with Gasteiger partial charge in [-0.05, 0) is 30.7 Å². The Morgan fingerprint density at radius 1 is 1.18 bits per heavy atom. The van der Waals surface area contributed by atoms with Crippen LogP contribution in [0.4, 0.5) is 0 Å². The van der Waals surface area contributed by atoms with Gasteiger partial charge in [0.1, 0.15) is 4.88 Å². The van der Waals surface area contributed by atoms with Crippen LogP contribution in [0.25, 0.3) is 28.4 Å². The summed E-state index contributed by atoms with van der Waals surface area (Å²) in [6, 6.07) is 12.8. The normalized spacial score (nSPS) is 11.3. The summed E-state index contributed by atoms with van der Waals surface area (Å²) in [6.07, 6.45) is 6.74. The molecule has 6 nitrogen and oxygen atoms in total. The van der Waals surface area contributed by atoms with Crippen molar-refractivity contribution in [3.05, 3.63) is 86.9 Å². The zero-order chi connectivity index (χ0) is 19.7. The van der Waals surface area contributed by atoms with E-state index < -0.39 is 5.97 Å². The van der Waals surface area contributed by atoms with Crippen LogP contribution >= 0.6 is 11.3 Å². The van der Waals surface area contributed by atoms with Crippen LogP contribution < -0.4 is 5.56 Å². The molecule has 0 spiro atoms. The van der Waals surface area contributed by atoms with Gasteiger partial charge in [0.15, 0.2) is 4.96 Å². The van der Waals surface area contributed by atoms with Crippen molar-refractivity contribution in [3.8, 4) is 11.3 Å². The second-order valence-electron chi connectivity index (χ2n) is 6.21. The summed E-state index contributed by atoms with van der Waals surface area (Å²) < 4.78 is 1.33. The molecule has 3 heterocycles. The number of fused-ring (bicyclic) bond motifs is 1. The molecular weight excluding hydrogens is 374 g/mol. The highest BCUT2D eigenvalue weighted by Crippen LogP contribution is 2.30. The van der Waals surface area contributed by atoms with E-state index in [9.17, 15) is 14.7 Å². The molecule has 0 aliphatic rings. The molecule has 1 aromatic carbocycles. The Bertz CT molecular complexity index is 1260. The fraction of sp³-hybridized carbons (Fsp3) is 0.0476. The van der Waals surface area contributed by atoms with Crippen LogP contribution in [0, 0.1) is 6.92 Å². The van der Waals surface area contributed by atoms with Gasteiger partial charge in [-0.3, -0.25) is 9.78 Å². The minimum atomic E-state index is -1.11. The average Bonchev–Trinajstić information content (AvgIpc) is 3.09. The molecular formula is C21H15N3O3S. The van der Waals surface area contributed by atoms with E-state index in [1.165, 1.54) is 16.7 Å². The molecule has 0 radical (unpaired) electrons. The monoisotopic (exact) mass is 389 g/mol. The molecule has 3 aromatic heterocycles. The van der Waals surface area contributed by atoms with E-state index >= 15 is 0 Å². The highest BCUT2D eigenvalue weighted by molar-refractivity contribution is 7.19. The molecule has 0 unspecified atom stereocenters. The summed E-state index contributed by atoms with van der Waals surface area (Å²) in [4.78, 5) is 33.4. The van der Waals surface area contributed by atoms with Gasteiger partial charge in [0.25, 0.3) is 5.56 Å². The number of hydrogen-bond donors (Lipinski definition) is 1. The number of benzene rings is 1. The Labute approximate surface area is 164 Å². The van der Waals surface area contributed by atoms with E-state index in [0.717, 1.165) is 22.5 Å². The maximum Gasteiger partial charge on any atom is 0.348 e. The number of aromatic nitrogens is 3. The van der Waals surface area contributed by atoms with Gasteiger partial charge < -0.3 is 5.11 Å². The molecule has 0 aliphatic carbocycles. The number of aryl methyl sites for hydroxylation is 1. The number of aromatic carboxylic acids is 1. The molecule has 0 fully saturated rings. The van der Waals surface area contributed by atoms with Crippen LogP contribution in [0.2, 0.25) is 0 Å². The van der Waals surface area contributed by atoms with Gasteiger partial charge in [-0.1, -0.05) is 47.2 Å². The van der Waals surface area contributed by atoms with Crippen molar-refractivity contribution < 1.29 is 9.90 Å². The number of carboxylic acid groups (broad SMARTS) is 1. The van der Waals surface area contributed by atoms with Gasteiger partial charge in [-0.15, -0.1) is 0 Å². The molecule has 0 bridgehead atoms. The van der Waals surface area contributed by atoms with Gasteiger partial charge in [0.05, 0.1) is 11.4 Å². The van der Waals surface area contributed by atoms with Gasteiger partial charge in [0.2, 0.25) is 0 Å². The zero-order valence-corrected chi connectivity index (χ0v) is 15.7. The lowest BCUT2D eigenvalue weighted by Crippen LogP contribution is -2.14. The number of hydrogen-bond acceptors (Lipinski definition) is 5. The quantitative estimate of drug-likeness (QED) is 0.570. The van der Waals surface area contributed by atoms with Crippen LogP contribution in [0.15, 0.2) is 59.7 Å². The topological polar surface area (TPSA) is 84.6 Å². The number of thiazole rings is 1. The molecule has 7 heteroatoms. The summed E-state index contributed by atoms with van der Waals surface area (Å²) >= 11 is 0.969. The second kappa shape index (κ2) is 7.21. The molecule has 0 aliphatic heterocycles. The first-order valence-corrected chi connectivity index (χ1v) is 9.29. The van der Waals surface area contributed by atoms with E-state index in [1.54, 1.807) is 24.4 Å². The predicted molar refractivity (Wildman–Crippen MR) is 110 cm³/mol. The zero-order valence-electron chi connectivity index (χ0n) is 14.9. The first-order valence-electron chi connectivity index (χ1n) is 8.48. The van der Waals surface area contributed by atoms with Gasteiger partial charge in [0, 0.05) is 24.0 Å².